The Bertz CT molecular complexity index is 2630. The average molecular weight is 900 g/mol. The summed E-state index contributed by atoms with van der Waals surface area (Å²) >= 11 is 1.06. The van der Waals surface area contributed by atoms with E-state index in [0.29, 0.717) is 10.7 Å². The molecule has 61 heavy (non-hydrogen) atoms. The quantitative estimate of drug-likeness (QED) is 0.0776. The van der Waals surface area contributed by atoms with Crippen LogP contribution in [0, 0.1) is 35.3 Å². The number of benzene rings is 2. The monoisotopic (exact) mass is 899 g/mol. The molecule has 1 fully saturated rings. The highest BCUT2D eigenvalue weighted by atomic mass is 32.2. The van der Waals surface area contributed by atoms with Crippen molar-refractivity contribution in [3.63, 3.8) is 0 Å². The van der Waals surface area contributed by atoms with Gasteiger partial charge in [0.2, 0.25) is 5.91 Å². The first-order valence-electron chi connectivity index (χ1n) is 18.4. The Hall–Kier alpha value is -5.10. The molecule has 1 amide bonds. The Morgan fingerprint density at radius 2 is 1.69 bits per heavy atom. The standard InChI is InChI=1S/C40H35F10N7O2S2/c1-19-29-30-34(40(48,49)50)53-56(35(30)39(46,47)31(19)29)17-28(58)52-27(15-20-13-21(41)16-22(42)14-20)32-24(10-9-23(51-32)11-12-37(2,3)61(5)59)25-7-6-8-26-33(25)57(18-38(43,44)45)54-36(26)55-60-4/h6-10,13-14,16,19,27,29,31H,15,17-18H2,1-5H3,(H,52,58)(H,54,55)/t19-,27?,29?,31?,61?/m1/s1. The van der Waals surface area contributed by atoms with Gasteiger partial charge in [0.1, 0.15) is 40.9 Å². The number of nitrogens with zero attached hydrogens (tertiary/aromatic N) is 5. The predicted molar refractivity (Wildman–Crippen MR) is 209 cm³/mol. The molecular weight excluding hydrogens is 865 g/mol. The summed E-state index contributed by atoms with van der Waals surface area (Å²) < 4.78 is 160. The van der Waals surface area contributed by atoms with Crippen LogP contribution in [0.25, 0.3) is 22.0 Å². The van der Waals surface area contributed by atoms with Crippen LogP contribution in [0.2, 0.25) is 0 Å². The number of fused-ring (bicyclic) bond motifs is 4. The Labute approximate surface area is 348 Å². The maximum atomic E-state index is 15.7. The molecule has 324 valence electrons. The second-order valence-corrected chi connectivity index (χ2v) is 17.9. The van der Waals surface area contributed by atoms with Gasteiger partial charge in [0, 0.05) is 63.3 Å². The van der Waals surface area contributed by atoms with E-state index in [1.165, 1.54) is 43.5 Å². The van der Waals surface area contributed by atoms with E-state index in [1.54, 1.807) is 20.1 Å². The summed E-state index contributed by atoms with van der Waals surface area (Å²) in [6, 6.07) is 8.29. The van der Waals surface area contributed by atoms with E-state index < -0.39 is 112 Å². The van der Waals surface area contributed by atoms with Crippen LogP contribution in [-0.4, -0.2) is 58.1 Å². The molecule has 0 saturated heterocycles. The molecule has 2 aliphatic rings. The summed E-state index contributed by atoms with van der Waals surface area (Å²) in [5.74, 6) is -4.51. The van der Waals surface area contributed by atoms with Gasteiger partial charge in [0.15, 0.2) is 11.5 Å². The number of alkyl halides is 8. The summed E-state index contributed by atoms with van der Waals surface area (Å²) in [5.41, 5.74) is -3.36. The molecule has 7 rings (SSSR count). The normalized spacial score (nSPS) is 19.2. The Kier molecular flexibility index (Phi) is 11.3. The van der Waals surface area contributed by atoms with Gasteiger partial charge in [0.25, 0.3) is 5.92 Å². The molecule has 3 heterocycles. The van der Waals surface area contributed by atoms with Gasteiger partial charge in [-0.3, -0.25) is 18.4 Å². The van der Waals surface area contributed by atoms with E-state index in [0.717, 1.165) is 28.8 Å². The number of carbonyl (C=O) groups excluding carboxylic acids is 1. The van der Waals surface area contributed by atoms with E-state index in [9.17, 15) is 44.1 Å². The van der Waals surface area contributed by atoms with Crippen LogP contribution in [0.4, 0.5) is 49.7 Å². The van der Waals surface area contributed by atoms with Crippen molar-refractivity contribution in [3.8, 4) is 23.0 Å². The number of nitrogens with one attached hydrogen (secondary N) is 2. The first kappa shape index (κ1) is 44.0. The van der Waals surface area contributed by atoms with Crippen molar-refractivity contribution in [2.45, 2.75) is 75.3 Å². The summed E-state index contributed by atoms with van der Waals surface area (Å²) in [5, 5.41) is 10.4. The van der Waals surface area contributed by atoms with Gasteiger partial charge in [-0.25, -0.2) is 13.8 Å². The van der Waals surface area contributed by atoms with Crippen molar-refractivity contribution < 1.29 is 52.9 Å². The first-order chi connectivity index (χ1) is 28.4. The van der Waals surface area contributed by atoms with Crippen LogP contribution in [0.3, 0.4) is 0 Å². The SMILES string of the molecule is CSNc1nn(CC(F)(F)F)c2c(-c3ccc(C#CC(C)(C)S(C)=O)nc3C(Cc3cc(F)cc(F)c3)NC(=O)Cn3nc(C(F)(F)F)c4c3C(F)(F)C3C4[C@H]3C)cccc12. The molecule has 3 aromatic heterocycles. The van der Waals surface area contributed by atoms with E-state index in [4.69, 9.17) is 0 Å². The molecule has 0 spiro atoms. The van der Waals surface area contributed by atoms with Gasteiger partial charge in [-0.1, -0.05) is 36.9 Å². The highest BCUT2D eigenvalue weighted by Crippen LogP contribution is 2.71. The summed E-state index contributed by atoms with van der Waals surface area (Å²) in [6.07, 6.45) is -7.31. The summed E-state index contributed by atoms with van der Waals surface area (Å²) in [7, 11) is -1.46. The molecule has 0 radical (unpaired) electrons. The number of halogens is 10. The Balaban J connectivity index is 1.41. The minimum absolute atomic E-state index is 0.00429. The molecule has 4 unspecified atom stereocenters. The molecule has 0 aliphatic heterocycles. The highest BCUT2D eigenvalue weighted by Gasteiger charge is 2.72. The van der Waals surface area contributed by atoms with Crippen molar-refractivity contribution in [1.29, 1.82) is 0 Å². The summed E-state index contributed by atoms with van der Waals surface area (Å²) in [4.78, 5) is 18.7. The average Bonchev–Trinajstić information content (AvgIpc) is 3.37. The van der Waals surface area contributed by atoms with E-state index in [-0.39, 0.29) is 44.8 Å². The van der Waals surface area contributed by atoms with Crippen LogP contribution in [0.1, 0.15) is 66.6 Å². The third kappa shape index (κ3) is 8.57. The lowest BCUT2D eigenvalue weighted by molar-refractivity contribution is -0.143. The third-order valence-corrected chi connectivity index (χ3v) is 12.7. The number of carbonyl (C=O) groups is 1. The van der Waals surface area contributed by atoms with Crippen molar-refractivity contribution in [3.05, 3.63) is 94.1 Å². The molecule has 2 N–H and O–H groups in total. The second-order valence-electron chi connectivity index (χ2n) is 15.4. The number of amides is 1. The first-order valence-corrected chi connectivity index (χ1v) is 21.2. The molecule has 21 heteroatoms. The molecule has 0 bridgehead atoms. The zero-order valence-electron chi connectivity index (χ0n) is 32.7. The minimum Gasteiger partial charge on any atom is -0.346 e. The van der Waals surface area contributed by atoms with Crippen LogP contribution in [0.5, 0.6) is 0 Å². The molecule has 5 atom stereocenters. The molecule has 1 saturated carbocycles. The lowest BCUT2D eigenvalue weighted by Gasteiger charge is -2.23. The third-order valence-electron chi connectivity index (χ3n) is 10.7. The van der Waals surface area contributed by atoms with Crippen molar-refractivity contribution in [1.82, 2.24) is 29.9 Å². The van der Waals surface area contributed by atoms with E-state index in [1.807, 2.05) is 0 Å². The number of aromatic nitrogens is 5. The van der Waals surface area contributed by atoms with Crippen LogP contribution < -0.4 is 10.0 Å². The number of rotatable bonds is 11. The van der Waals surface area contributed by atoms with Gasteiger partial charge < -0.3 is 10.0 Å². The minimum atomic E-state index is -5.13. The Morgan fingerprint density at radius 3 is 2.31 bits per heavy atom. The number of anilines is 1. The van der Waals surface area contributed by atoms with Crippen LogP contribution in [-0.2, 0) is 47.2 Å². The molecular formula is C40H35F10N7O2S2. The Morgan fingerprint density at radius 1 is 1.00 bits per heavy atom. The fraction of sp³-hybridized carbons (Fsp3) is 0.400. The predicted octanol–water partition coefficient (Wildman–Crippen LogP) is 8.91. The summed E-state index contributed by atoms with van der Waals surface area (Å²) in [6.45, 7) is 1.91. The van der Waals surface area contributed by atoms with Gasteiger partial charge in [0.05, 0.1) is 17.3 Å². The largest absolute Gasteiger partial charge is 0.435 e. The highest BCUT2D eigenvalue weighted by molar-refractivity contribution is 7.99. The fourth-order valence-electron chi connectivity index (χ4n) is 7.88. The fourth-order valence-corrected chi connectivity index (χ4v) is 8.42. The molecule has 2 aliphatic carbocycles. The molecule has 2 aromatic carbocycles. The van der Waals surface area contributed by atoms with Crippen molar-refractivity contribution >= 4 is 45.4 Å². The second kappa shape index (κ2) is 15.7. The molecule has 5 aromatic rings. The smallest absolute Gasteiger partial charge is 0.346 e. The number of hydrogen-bond acceptors (Lipinski definition) is 7. The van der Waals surface area contributed by atoms with E-state index >= 15 is 8.78 Å². The van der Waals surface area contributed by atoms with Gasteiger partial charge in [-0.05, 0) is 68.0 Å². The van der Waals surface area contributed by atoms with E-state index in [2.05, 4.69) is 37.1 Å². The van der Waals surface area contributed by atoms with Gasteiger partial charge >= 0.3 is 12.4 Å². The lowest BCUT2D eigenvalue weighted by Crippen LogP contribution is -2.35. The zero-order chi connectivity index (χ0) is 44.6. The molecule has 9 nitrogen and oxygen atoms in total. The van der Waals surface area contributed by atoms with Crippen molar-refractivity contribution in [2.24, 2.45) is 11.8 Å². The van der Waals surface area contributed by atoms with Gasteiger partial charge in [-0.2, -0.15) is 45.3 Å². The number of pyridine rings is 1. The number of hydrogen-bond donors (Lipinski definition) is 2. The number of para-hydroxylation sites is 1. The van der Waals surface area contributed by atoms with Crippen LogP contribution >= 0.6 is 11.9 Å². The maximum Gasteiger partial charge on any atom is 0.435 e. The van der Waals surface area contributed by atoms with Gasteiger partial charge in [-0.15, -0.1) is 0 Å². The maximum absolute atomic E-state index is 15.7. The van der Waals surface area contributed by atoms with Crippen LogP contribution in [0.15, 0.2) is 48.5 Å². The van der Waals surface area contributed by atoms with Crippen molar-refractivity contribution in [2.75, 3.05) is 17.2 Å². The topological polar surface area (TPSA) is 107 Å². The lowest BCUT2D eigenvalue weighted by atomic mass is 9.93. The zero-order valence-corrected chi connectivity index (χ0v) is 34.3.